The van der Waals surface area contributed by atoms with Crippen LogP contribution in [0.3, 0.4) is 0 Å². The molecule has 1 fully saturated rings. The number of carbonyl (C=O) groups excluding carboxylic acids is 1. The van der Waals surface area contributed by atoms with Crippen molar-refractivity contribution in [2.75, 3.05) is 32.6 Å². The third-order valence-electron chi connectivity index (χ3n) is 8.50. The molecule has 5 aromatic rings. The summed E-state index contributed by atoms with van der Waals surface area (Å²) in [5.41, 5.74) is 2.10. The number of aromatic nitrogens is 1. The number of benzene rings is 4. The van der Waals surface area contributed by atoms with Gasteiger partial charge in [0.05, 0.1) is 48.9 Å². The van der Waals surface area contributed by atoms with Gasteiger partial charge in [-0.15, -0.1) is 11.3 Å². The summed E-state index contributed by atoms with van der Waals surface area (Å²) < 4.78 is 50.8. The number of piperidine rings is 1. The van der Waals surface area contributed by atoms with Crippen LogP contribution < -0.4 is 9.47 Å². The minimum Gasteiger partial charge on any atom is -0.496 e. The molecule has 11 heteroatoms. The molecule has 1 aromatic heterocycles. The number of thiazole rings is 1. The van der Waals surface area contributed by atoms with Crippen LogP contribution in [0.1, 0.15) is 50.7 Å². The Morgan fingerprint density at radius 1 is 0.980 bits per heavy atom. The summed E-state index contributed by atoms with van der Waals surface area (Å²) in [6.07, 6.45) is 0.397. The second-order valence-corrected chi connectivity index (χ2v) is 16.5. The highest BCUT2D eigenvalue weighted by Gasteiger charge is 2.35. The third kappa shape index (κ3) is 8.34. The van der Waals surface area contributed by atoms with Gasteiger partial charge >= 0.3 is 6.09 Å². The zero-order valence-electron chi connectivity index (χ0n) is 28.3. The second kappa shape index (κ2) is 14.7. The zero-order chi connectivity index (χ0) is 34.6. The van der Waals surface area contributed by atoms with E-state index in [9.17, 15) is 13.2 Å². The Hall–Kier alpha value is -4.19. The van der Waals surface area contributed by atoms with Crippen molar-refractivity contribution in [3.05, 3.63) is 96.1 Å². The van der Waals surface area contributed by atoms with E-state index in [-0.39, 0.29) is 34.8 Å². The van der Waals surface area contributed by atoms with Crippen molar-refractivity contribution in [2.45, 2.75) is 62.2 Å². The molecule has 0 aliphatic carbocycles. The van der Waals surface area contributed by atoms with Gasteiger partial charge in [-0.2, -0.15) is 0 Å². The summed E-state index contributed by atoms with van der Waals surface area (Å²) in [5, 5.41) is 2.11. The maximum atomic E-state index is 13.0. The third-order valence-corrected chi connectivity index (χ3v) is 11.8. The lowest BCUT2D eigenvalue weighted by Gasteiger charge is -2.39. The number of amides is 1. The van der Waals surface area contributed by atoms with Crippen molar-refractivity contribution in [1.29, 1.82) is 0 Å². The number of sulfone groups is 1. The number of likely N-dealkylation sites (tertiary alicyclic amines) is 1. The monoisotopic (exact) mass is 702 g/mol. The van der Waals surface area contributed by atoms with E-state index in [4.69, 9.17) is 18.9 Å². The Kier molecular flexibility index (Phi) is 10.4. The molecule has 2 atom stereocenters. The fraction of sp³-hybridized carbons (Fsp3) is 0.368. The molecular formula is C38H42N2O7S2. The van der Waals surface area contributed by atoms with E-state index in [1.807, 2.05) is 93.6 Å². The van der Waals surface area contributed by atoms with Gasteiger partial charge in [0.25, 0.3) is 0 Å². The van der Waals surface area contributed by atoms with E-state index < -0.39 is 15.4 Å². The number of rotatable bonds is 11. The van der Waals surface area contributed by atoms with Gasteiger partial charge in [-0.3, -0.25) is 0 Å². The Morgan fingerprint density at radius 3 is 2.49 bits per heavy atom. The summed E-state index contributed by atoms with van der Waals surface area (Å²) in [4.78, 5) is 19.1. The normalized spacial score (nSPS) is 16.9. The highest BCUT2D eigenvalue weighted by Crippen LogP contribution is 2.35. The molecule has 1 aliphatic heterocycles. The van der Waals surface area contributed by atoms with Gasteiger partial charge in [0.15, 0.2) is 0 Å². The molecule has 0 radical (unpaired) electrons. The maximum Gasteiger partial charge on any atom is 0.410 e. The van der Waals surface area contributed by atoms with Crippen LogP contribution in [-0.2, 0) is 25.9 Å². The first kappa shape index (κ1) is 34.7. The van der Waals surface area contributed by atoms with Crippen molar-refractivity contribution in [3.63, 3.8) is 0 Å². The summed E-state index contributed by atoms with van der Waals surface area (Å²) in [6.45, 7) is 7.10. The average Bonchev–Trinajstić information content (AvgIpc) is 3.54. The fourth-order valence-electron chi connectivity index (χ4n) is 6.12. The van der Waals surface area contributed by atoms with Crippen LogP contribution in [0.15, 0.2) is 89.3 Å². The molecule has 4 aromatic carbocycles. The molecule has 0 N–H and O–H groups in total. The van der Waals surface area contributed by atoms with E-state index >= 15 is 0 Å². The van der Waals surface area contributed by atoms with Gasteiger partial charge in [0.2, 0.25) is 14.2 Å². The SMILES string of the molecule is COc1c(COC2CN(C(=O)OC(C)(C)C)CCC2c2ccc(OCCCS(=O)(=O)c3nc4ccccc4s3)cc2)ccc2ccccc12. The van der Waals surface area contributed by atoms with Gasteiger partial charge in [0, 0.05) is 23.4 Å². The van der Waals surface area contributed by atoms with Crippen molar-refractivity contribution in [1.82, 2.24) is 9.88 Å². The smallest absolute Gasteiger partial charge is 0.410 e. The van der Waals surface area contributed by atoms with E-state index in [1.165, 1.54) is 11.3 Å². The van der Waals surface area contributed by atoms with Crippen LogP contribution in [0, 0.1) is 0 Å². The number of methoxy groups -OCH3 is 1. The van der Waals surface area contributed by atoms with E-state index in [0.717, 1.165) is 32.3 Å². The second-order valence-electron chi connectivity index (χ2n) is 13.2. The Labute approximate surface area is 291 Å². The molecule has 6 rings (SSSR count). The number of nitrogens with zero attached hydrogens (tertiary/aromatic N) is 2. The first-order chi connectivity index (χ1) is 23.5. The van der Waals surface area contributed by atoms with Gasteiger partial charge in [0.1, 0.15) is 17.1 Å². The van der Waals surface area contributed by atoms with E-state index in [2.05, 4.69) is 17.1 Å². The van der Waals surface area contributed by atoms with Crippen molar-refractivity contribution < 1.29 is 32.2 Å². The Balaban J connectivity index is 1.11. The van der Waals surface area contributed by atoms with Crippen LogP contribution in [0.2, 0.25) is 0 Å². The fourth-order valence-corrected chi connectivity index (χ4v) is 8.75. The minimum absolute atomic E-state index is 0.0261. The molecular weight excluding hydrogens is 661 g/mol. The van der Waals surface area contributed by atoms with Crippen molar-refractivity contribution in [3.8, 4) is 11.5 Å². The maximum absolute atomic E-state index is 13.0. The number of hydrogen-bond donors (Lipinski definition) is 0. The molecule has 0 spiro atoms. The number of fused-ring (bicyclic) bond motifs is 2. The largest absolute Gasteiger partial charge is 0.496 e. The Morgan fingerprint density at radius 2 is 1.73 bits per heavy atom. The molecule has 1 aliphatic rings. The standard InChI is InChI=1S/C38H42N2O7S2/c1-38(2,3)47-37(41)40-21-20-30(33(24-40)46-25-28-15-14-26-10-5-6-11-31(26)35(28)44-4)27-16-18-29(19-17-27)45-22-9-23-49(42,43)36-39-32-12-7-8-13-34(32)48-36/h5-8,10-19,30,33H,9,20-25H2,1-4H3. The lowest BCUT2D eigenvalue weighted by Crippen LogP contribution is -2.48. The van der Waals surface area contributed by atoms with E-state index in [0.29, 0.717) is 43.8 Å². The van der Waals surface area contributed by atoms with Gasteiger partial charge in [-0.05, 0) is 68.8 Å². The predicted molar refractivity (Wildman–Crippen MR) is 192 cm³/mol. The lowest BCUT2D eigenvalue weighted by molar-refractivity contribution is -0.0363. The topological polar surface area (TPSA) is 104 Å². The van der Waals surface area contributed by atoms with Crippen LogP contribution in [-0.4, -0.2) is 68.7 Å². The highest BCUT2D eigenvalue weighted by atomic mass is 32.2. The number of para-hydroxylation sites is 1. The summed E-state index contributed by atoms with van der Waals surface area (Å²) in [7, 11) is -1.83. The minimum atomic E-state index is -3.50. The molecule has 0 saturated carbocycles. The van der Waals surface area contributed by atoms with Crippen LogP contribution >= 0.6 is 11.3 Å². The summed E-state index contributed by atoms with van der Waals surface area (Å²) >= 11 is 1.20. The average molecular weight is 703 g/mol. The molecule has 2 unspecified atom stereocenters. The van der Waals surface area contributed by atoms with E-state index in [1.54, 1.807) is 12.0 Å². The molecule has 1 saturated heterocycles. The van der Waals surface area contributed by atoms with Gasteiger partial charge in [-0.1, -0.05) is 60.7 Å². The number of hydrogen-bond acceptors (Lipinski definition) is 9. The summed E-state index contributed by atoms with van der Waals surface area (Å²) in [5.74, 6) is 1.43. The molecule has 1 amide bonds. The zero-order valence-corrected chi connectivity index (χ0v) is 29.9. The Bertz CT molecular complexity index is 1990. The van der Waals surface area contributed by atoms with Crippen LogP contribution in [0.5, 0.6) is 11.5 Å². The quantitative estimate of drug-likeness (QED) is 0.128. The van der Waals surface area contributed by atoms with Crippen LogP contribution in [0.25, 0.3) is 21.0 Å². The number of carbonyl (C=O) groups is 1. The van der Waals surface area contributed by atoms with Crippen molar-refractivity contribution in [2.24, 2.45) is 0 Å². The lowest BCUT2D eigenvalue weighted by atomic mass is 9.87. The first-order valence-corrected chi connectivity index (χ1v) is 18.9. The van der Waals surface area contributed by atoms with Crippen LogP contribution in [0.4, 0.5) is 4.79 Å². The number of ether oxygens (including phenoxy) is 4. The molecule has 9 nitrogen and oxygen atoms in total. The predicted octanol–water partition coefficient (Wildman–Crippen LogP) is 8.01. The first-order valence-electron chi connectivity index (χ1n) is 16.5. The molecule has 2 heterocycles. The molecule has 49 heavy (non-hydrogen) atoms. The van der Waals surface area contributed by atoms with Gasteiger partial charge in [-0.25, -0.2) is 18.2 Å². The summed E-state index contributed by atoms with van der Waals surface area (Å²) in [6, 6.07) is 27.4. The molecule has 258 valence electrons. The van der Waals surface area contributed by atoms with Gasteiger partial charge < -0.3 is 23.8 Å². The van der Waals surface area contributed by atoms with Crippen molar-refractivity contribution >= 4 is 48.3 Å². The molecule has 0 bridgehead atoms. The highest BCUT2D eigenvalue weighted by molar-refractivity contribution is 7.93.